The van der Waals surface area contributed by atoms with E-state index in [-0.39, 0.29) is 6.04 Å². The predicted molar refractivity (Wildman–Crippen MR) is 82.3 cm³/mol. The lowest BCUT2D eigenvalue weighted by atomic mass is 9.98. The van der Waals surface area contributed by atoms with E-state index in [1.54, 1.807) is 12.1 Å². The topological polar surface area (TPSA) is 15.3 Å². The molecule has 0 amide bonds. The Kier molecular flexibility index (Phi) is 6.12. The molecule has 4 heteroatoms. The van der Waals surface area contributed by atoms with Gasteiger partial charge >= 0.3 is 0 Å². The Labute approximate surface area is 126 Å². The first-order valence-electron chi connectivity index (χ1n) is 8.02. The first-order chi connectivity index (χ1) is 10.2. The number of nitrogens with zero attached hydrogens (tertiary/aromatic N) is 1. The van der Waals surface area contributed by atoms with Crippen LogP contribution in [0.2, 0.25) is 0 Å². The number of hydrogen-bond donors (Lipinski definition) is 1. The maximum atomic E-state index is 13.9. The van der Waals surface area contributed by atoms with Crippen molar-refractivity contribution in [3.63, 3.8) is 0 Å². The van der Waals surface area contributed by atoms with Gasteiger partial charge in [0.2, 0.25) is 0 Å². The van der Waals surface area contributed by atoms with E-state index >= 15 is 0 Å². The SMILES string of the molecule is CCC1CCCCN1CCC(NC)c1cccc(F)c1F. The van der Waals surface area contributed by atoms with E-state index in [9.17, 15) is 8.78 Å². The molecule has 1 heterocycles. The number of likely N-dealkylation sites (tertiary alicyclic amines) is 1. The largest absolute Gasteiger partial charge is 0.313 e. The summed E-state index contributed by atoms with van der Waals surface area (Å²) in [6, 6.07) is 4.93. The lowest BCUT2D eigenvalue weighted by molar-refractivity contribution is 0.137. The van der Waals surface area contributed by atoms with Gasteiger partial charge in [-0.15, -0.1) is 0 Å². The van der Waals surface area contributed by atoms with Crippen molar-refractivity contribution in [2.24, 2.45) is 0 Å². The minimum absolute atomic E-state index is 0.139. The summed E-state index contributed by atoms with van der Waals surface area (Å²) in [4.78, 5) is 2.51. The molecule has 0 radical (unpaired) electrons. The van der Waals surface area contributed by atoms with E-state index in [2.05, 4.69) is 17.1 Å². The molecule has 1 fully saturated rings. The maximum Gasteiger partial charge on any atom is 0.163 e. The quantitative estimate of drug-likeness (QED) is 0.857. The van der Waals surface area contributed by atoms with Crippen molar-refractivity contribution in [2.75, 3.05) is 20.1 Å². The van der Waals surface area contributed by atoms with Crippen molar-refractivity contribution < 1.29 is 8.78 Å². The van der Waals surface area contributed by atoms with E-state index < -0.39 is 11.6 Å². The van der Waals surface area contributed by atoms with Gasteiger partial charge in [0.05, 0.1) is 0 Å². The molecule has 2 nitrogen and oxygen atoms in total. The van der Waals surface area contributed by atoms with Gasteiger partial charge in [-0.2, -0.15) is 0 Å². The number of hydrogen-bond acceptors (Lipinski definition) is 2. The number of nitrogens with one attached hydrogen (secondary N) is 1. The molecule has 1 aliphatic rings. The van der Waals surface area contributed by atoms with Crippen molar-refractivity contribution in [3.8, 4) is 0 Å². The Hall–Kier alpha value is -1.00. The zero-order chi connectivity index (χ0) is 15.2. The Balaban J connectivity index is 2.00. The summed E-state index contributed by atoms with van der Waals surface area (Å²) in [7, 11) is 1.81. The van der Waals surface area contributed by atoms with Gasteiger partial charge in [0.1, 0.15) is 0 Å². The molecular weight excluding hydrogens is 270 g/mol. The Morgan fingerprint density at radius 3 is 2.86 bits per heavy atom. The van der Waals surface area contributed by atoms with E-state index in [4.69, 9.17) is 0 Å². The summed E-state index contributed by atoms with van der Waals surface area (Å²) in [6.45, 7) is 4.28. The highest BCUT2D eigenvalue weighted by Crippen LogP contribution is 2.25. The van der Waals surface area contributed by atoms with E-state index in [0.717, 1.165) is 19.5 Å². The molecule has 0 bridgehead atoms. The number of piperidine rings is 1. The number of benzene rings is 1. The Morgan fingerprint density at radius 1 is 1.33 bits per heavy atom. The van der Waals surface area contributed by atoms with Crippen molar-refractivity contribution in [3.05, 3.63) is 35.4 Å². The van der Waals surface area contributed by atoms with Gasteiger partial charge in [-0.05, 0) is 45.3 Å². The van der Waals surface area contributed by atoms with Crippen LogP contribution in [0.25, 0.3) is 0 Å². The second-order valence-electron chi connectivity index (χ2n) is 5.87. The molecule has 0 aliphatic carbocycles. The summed E-state index contributed by atoms with van der Waals surface area (Å²) in [5.74, 6) is -1.49. The number of halogens is 2. The molecule has 1 N–H and O–H groups in total. The molecule has 21 heavy (non-hydrogen) atoms. The highest BCUT2D eigenvalue weighted by molar-refractivity contribution is 5.22. The average molecular weight is 296 g/mol. The van der Waals surface area contributed by atoms with Gasteiger partial charge in [0, 0.05) is 24.2 Å². The molecule has 1 aliphatic heterocycles. The highest BCUT2D eigenvalue weighted by atomic mass is 19.2. The third-order valence-electron chi connectivity index (χ3n) is 4.63. The van der Waals surface area contributed by atoms with Gasteiger partial charge in [0.15, 0.2) is 11.6 Å². The van der Waals surface area contributed by atoms with Gasteiger partial charge in [-0.3, -0.25) is 0 Å². The van der Waals surface area contributed by atoms with Crippen molar-refractivity contribution in [1.82, 2.24) is 10.2 Å². The van der Waals surface area contributed by atoms with Gasteiger partial charge in [0.25, 0.3) is 0 Å². The fourth-order valence-electron chi connectivity index (χ4n) is 3.36. The number of rotatable bonds is 6. The first kappa shape index (κ1) is 16.4. The average Bonchev–Trinajstić information content (AvgIpc) is 2.52. The third kappa shape index (κ3) is 4.01. The molecule has 0 saturated carbocycles. The molecule has 2 unspecified atom stereocenters. The van der Waals surface area contributed by atoms with Crippen LogP contribution in [0.1, 0.15) is 50.6 Å². The van der Waals surface area contributed by atoms with Crippen LogP contribution in [0, 0.1) is 11.6 Å². The van der Waals surface area contributed by atoms with E-state index in [1.807, 2.05) is 7.05 Å². The Morgan fingerprint density at radius 2 is 2.14 bits per heavy atom. The highest BCUT2D eigenvalue weighted by Gasteiger charge is 2.23. The van der Waals surface area contributed by atoms with E-state index in [0.29, 0.717) is 11.6 Å². The summed E-state index contributed by atoms with van der Waals surface area (Å²) in [6.07, 6.45) is 5.78. The first-order valence-corrected chi connectivity index (χ1v) is 8.02. The molecule has 1 saturated heterocycles. The second kappa shape index (κ2) is 7.85. The van der Waals surface area contributed by atoms with Crippen molar-refractivity contribution >= 4 is 0 Å². The molecule has 1 aromatic carbocycles. The van der Waals surface area contributed by atoms with Crippen LogP contribution in [0.15, 0.2) is 18.2 Å². The van der Waals surface area contributed by atoms with Crippen LogP contribution in [0.3, 0.4) is 0 Å². The lowest BCUT2D eigenvalue weighted by Gasteiger charge is -2.36. The lowest BCUT2D eigenvalue weighted by Crippen LogP contribution is -2.40. The Bertz CT molecular complexity index is 450. The van der Waals surface area contributed by atoms with Crippen LogP contribution >= 0.6 is 0 Å². The smallest absolute Gasteiger partial charge is 0.163 e. The third-order valence-corrected chi connectivity index (χ3v) is 4.63. The zero-order valence-corrected chi connectivity index (χ0v) is 13.0. The second-order valence-corrected chi connectivity index (χ2v) is 5.87. The van der Waals surface area contributed by atoms with Crippen molar-refractivity contribution in [2.45, 2.75) is 51.1 Å². The normalized spacial score (nSPS) is 21.4. The van der Waals surface area contributed by atoms with Gasteiger partial charge < -0.3 is 10.2 Å². The molecule has 2 rings (SSSR count). The molecular formula is C17H26F2N2. The summed E-state index contributed by atoms with van der Waals surface area (Å²) >= 11 is 0. The van der Waals surface area contributed by atoms with Crippen LogP contribution in [-0.4, -0.2) is 31.1 Å². The minimum Gasteiger partial charge on any atom is -0.313 e. The fourth-order valence-corrected chi connectivity index (χ4v) is 3.36. The molecule has 0 aromatic heterocycles. The van der Waals surface area contributed by atoms with Crippen molar-refractivity contribution in [1.29, 1.82) is 0 Å². The van der Waals surface area contributed by atoms with Crippen LogP contribution in [0.5, 0.6) is 0 Å². The minimum atomic E-state index is -0.767. The summed E-state index contributed by atoms with van der Waals surface area (Å²) in [5, 5.41) is 3.13. The summed E-state index contributed by atoms with van der Waals surface area (Å²) < 4.78 is 27.3. The summed E-state index contributed by atoms with van der Waals surface area (Å²) in [5.41, 5.74) is 0.433. The van der Waals surface area contributed by atoms with E-state index in [1.165, 1.54) is 31.7 Å². The molecule has 118 valence electrons. The molecule has 0 spiro atoms. The molecule has 1 aromatic rings. The van der Waals surface area contributed by atoms with Crippen LogP contribution in [0.4, 0.5) is 8.78 Å². The van der Waals surface area contributed by atoms with Crippen LogP contribution in [-0.2, 0) is 0 Å². The van der Waals surface area contributed by atoms with Gasteiger partial charge in [-0.25, -0.2) is 8.78 Å². The monoisotopic (exact) mass is 296 g/mol. The molecule has 2 atom stereocenters. The maximum absolute atomic E-state index is 13.9. The van der Waals surface area contributed by atoms with Gasteiger partial charge in [-0.1, -0.05) is 25.5 Å². The fraction of sp³-hybridized carbons (Fsp3) is 0.647. The zero-order valence-electron chi connectivity index (χ0n) is 13.0. The predicted octanol–water partition coefficient (Wildman–Crippen LogP) is 3.88. The van der Waals surface area contributed by atoms with Crippen LogP contribution < -0.4 is 5.32 Å². The standard InChI is InChI=1S/C17H26F2N2/c1-3-13-7-4-5-11-21(13)12-10-16(20-2)14-8-6-9-15(18)17(14)19/h6,8-9,13,16,20H,3-5,7,10-12H2,1-2H3.